The van der Waals surface area contributed by atoms with Crippen LogP contribution in [0.25, 0.3) is 0 Å². The first kappa shape index (κ1) is 10.4. The Balaban J connectivity index is 2.72. The molecule has 1 aliphatic heterocycles. The molecule has 0 atom stereocenters. The molecule has 0 unspecified atom stereocenters. The SMILES string of the molecule is Cl[Si]1(Cl)CC=CC[Si](Cl)(Cl)O1. The fraction of sp³-hybridized carbons (Fsp3) is 0.500. The molecule has 0 spiro atoms. The second kappa shape index (κ2) is 3.58. The van der Waals surface area contributed by atoms with E-state index in [2.05, 4.69) is 0 Å². The standard InChI is InChI=1S/C4H6Cl4OSi2/c5-10(6)3-1-2-4-11(7,8)9-10/h1-2H,3-4H2. The van der Waals surface area contributed by atoms with Crippen molar-refractivity contribution in [3.8, 4) is 0 Å². The van der Waals surface area contributed by atoms with Crippen molar-refractivity contribution >= 4 is 58.2 Å². The molecular weight excluding hydrogens is 262 g/mol. The maximum absolute atomic E-state index is 5.86. The van der Waals surface area contributed by atoms with Gasteiger partial charge >= 0.3 is 13.9 Å². The van der Waals surface area contributed by atoms with Crippen molar-refractivity contribution < 1.29 is 4.12 Å². The van der Waals surface area contributed by atoms with Gasteiger partial charge in [-0.3, -0.25) is 0 Å². The molecule has 0 aromatic carbocycles. The van der Waals surface area contributed by atoms with E-state index in [4.69, 9.17) is 48.4 Å². The van der Waals surface area contributed by atoms with E-state index in [0.29, 0.717) is 12.1 Å². The van der Waals surface area contributed by atoms with E-state index in [0.717, 1.165) is 0 Å². The van der Waals surface area contributed by atoms with E-state index < -0.39 is 13.9 Å². The molecule has 1 heterocycles. The van der Waals surface area contributed by atoms with Crippen LogP contribution in [-0.2, 0) is 4.12 Å². The smallest absolute Gasteiger partial charge is 0.384 e. The number of allylic oxidation sites excluding steroid dienone is 2. The Bertz CT molecular complexity index is 163. The molecule has 0 fully saturated rings. The van der Waals surface area contributed by atoms with Crippen molar-refractivity contribution in [1.29, 1.82) is 0 Å². The van der Waals surface area contributed by atoms with Crippen LogP contribution < -0.4 is 0 Å². The van der Waals surface area contributed by atoms with E-state index in [9.17, 15) is 0 Å². The van der Waals surface area contributed by atoms with Crippen molar-refractivity contribution in [2.75, 3.05) is 0 Å². The number of rotatable bonds is 0. The van der Waals surface area contributed by atoms with Crippen LogP contribution in [-0.4, -0.2) is 13.9 Å². The van der Waals surface area contributed by atoms with Gasteiger partial charge in [0.1, 0.15) is 0 Å². The van der Waals surface area contributed by atoms with Gasteiger partial charge in [-0.15, -0.1) is 44.3 Å². The van der Waals surface area contributed by atoms with Crippen molar-refractivity contribution in [2.45, 2.75) is 12.1 Å². The van der Waals surface area contributed by atoms with Crippen molar-refractivity contribution in [3.05, 3.63) is 12.2 Å². The maximum atomic E-state index is 5.86. The van der Waals surface area contributed by atoms with Crippen LogP contribution in [0.2, 0.25) is 12.1 Å². The van der Waals surface area contributed by atoms with Gasteiger partial charge in [0.2, 0.25) is 0 Å². The Labute approximate surface area is 86.3 Å². The quantitative estimate of drug-likeness (QED) is 0.371. The lowest BCUT2D eigenvalue weighted by Gasteiger charge is -2.21. The first-order valence-corrected chi connectivity index (χ1v) is 11.3. The minimum absolute atomic E-state index is 0.560. The minimum Gasteiger partial charge on any atom is -0.410 e. The average molecular weight is 268 g/mol. The first-order valence-electron chi connectivity index (χ1n) is 3.02. The summed E-state index contributed by atoms with van der Waals surface area (Å²) in [4.78, 5) is 0. The summed E-state index contributed by atoms with van der Waals surface area (Å²) >= 11 is 23.4. The van der Waals surface area contributed by atoms with Gasteiger partial charge in [-0.05, 0) is 0 Å². The fourth-order valence-electron chi connectivity index (χ4n) is 0.743. The van der Waals surface area contributed by atoms with Gasteiger partial charge in [0.25, 0.3) is 0 Å². The summed E-state index contributed by atoms with van der Waals surface area (Å²) in [6, 6.07) is 1.12. The van der Waals surface area contributed by atoms with E-state index in [1.54, 1.807) is 0 Å². The second-order valence-electron chi connectivity index (χ2n) is 2.26. The molecule has 7 heteroatoms. The van der Waals surface area contributed by atoms with Crippen LogP contribution in [0.15, 0.2) is 12.2 Å². The number of hydrogen-bond donors (Lipinski definition) is 0. The van der Waals surface area contributed by atoms with Crippen molar-refractivity contribution in [2.24, 2.45) is 0 Å². The molecule has 0 amide bonds. The molecule has 1 aliphatic rings. The van der Waals surface area contributed by atoms with Crippen LogP contribution in [0.5, 0.6) is 0 Å². The van der Waals surface area contributed by atoms with Gasteiger partial charge in [-0.25, -0.2) is 0 Å². The molecule has 0 aromatic heterocycles. The average Bonchev–Trinajstić information content (AvgIpc) is 1.86. The van der Waals surface area contributed by atoms with Crippen LogP contribution in [0.3, 0.4) is 0 Å². The Hall–Kier alpha value is 1.29. The first-order chi connectivity index (χ1) is 4.91. The summed E-state index contributed by atoms with van der Waals surface area (Å²) in [6.45, 7) is -5.24. The van der Waals surface area contributed by atoms with E-state index in [1.165, 1.54) is 0 Å². The van der Waals surface area contributed by atoms with Crippen molar-refractivity contribution in [1.82, 2.24) is 0 Å². The van der Waals surface area contributed by atoms with Crippen LogP contribution >= 0.6 is 44.3 Å². The van der Waals surface area contributed by atoms with Gasteiger partial charge in [-0.1, -0.05) is 12.2 Å². The van der Waals surface area contributed by atoms with Crippen LogP contribution in [0, 0.1) is 0 Å². The van der Waals surface area contributed by atoms with Gasteiger partial charge in [-0.2, -0.15) is 0 Å². The summed E-state index contributed by atoms with van der Waals surface area (Å²) in [5.41, 5.74) is 0. The maximum Gasteiger partial charge on any atom is 0.384 e. The van der Waals surface area contributed by atoms with Gasteiger partial charge in [0.15, 0.2) is 0 Å². The second-order valence-corrected chi connectivity index (χ2v) is 14.9. The van der Waals surface area contributed by atoms with E-state index in [1.807, 2.05) is 12.2 Å². The van der Waals surface area contributed by atoms with Gasteiger partial charge in [0, 0.05) is 12.1 Å². The molecule has 0 radical (unpaired) electrons. The lowest BCUT2D eigenvalue weighted by Crippen LogP contribution is -2.35. The monoisotopic (exact) mass is 266 g/mol. The summed E-state index contributed by atoms with van der Waals surface area (Å²) in [5, 5.41) is 0. The predicted octanol–water partition coefficient (Wildman–Crippen LogP) is 3.41. The fourth-order valence-corrected chi connectivity index (χ4v) is 11.3. The molecule has 64 valence electrons. The highest BCUT2D eigenvalue weighted by molar-refractivity contribution is 7.51. The molecule has 0 saturated heterocycles. The third-order valence-electron chi connectivity index (χ3n) is 1.18. The molecule has 0 saturated carbocycles. The van der Waals surface area contributed by atoms with Gasteiger partial charge < -0.3 is 4.12 Å². The van der Waals surface area contributed by atoms with Crippen LogP contribution in [0.4, 0.5) is 0 Å². The van der Waals surface area contributed by atoms with E-state index in [-0.39, 0.29) is 0 Å². The van der Waals surface area contributed by atoms with Gasteiger partial charge in [0.05, 0.1) is 0 Å². The molecular formula is C4H6Cl4OSi2. The minimum atomic E-state index is -2.62. The third kappa shape index (κ3) is 3.67. The summed E-state index contributed by atoms with van der Waals surface area (Å²) in [6.07, 6.45) is 3.76. The molecule has 0 aliphatic carbocycles. The predicted molar refractivity (Wildman–Crippen MR) is 54.8 cm³/mol. The zero-order valence-electron chi connectivity index (χ0n) is 5.49. The Kier molecular flexibility index (Phi) is 3.37. The summed E-state index contributed by atoms with van der Waals surface area (Å²) in [5.74, 6) is 0. The largest absolute Gasteiger partial charge is 0.410 e. The third-order valence-corrected chi connectivity index (χ3v) is 9.62. The summed E-state index contributed by atoms with van der Waals surface area (Å²) in [7, 11) is 0. The normalized spacial score (nSPS) is 28.0. The topological polar surface area (TPSA) is 9.23 Å². The van der Waals surface area contributed by atoms with Crippen LogP contribution in [0.1, 0.15) is 0 Å². The molecule has 1 nitrogen and oxygen atoms in total. The Morgan fingerprint density at radius 3 is 1.64 bits per heavy atom. The number of halogens is 4. The summed E-state index contributed by atoms with van der Waals surface area (Å²) < 4.78 is 5.26. The Morgan fingerprint density at radius 1 is 0.909 bits per heavy atom. The zero-order chi connectivity index (χ0) is 8.54. The molecule has 0 bridgehead atoms. The number of hydrogen-bond acceptors (Lipinski definition) is 1. The molecule has 0 aromatic rings. The highest BCUT2D eigenvalue weighted by Gasteiger charge is 2.43. The lowest BCUT2D eigenvalue weighted by molar-refractivity contribution is 0.611. The van der Waals surface area contributed by atoms with E-state index >= 15 is 0 Å². The molecule has 11 heavy (non-hydrogen) atoms. The zero-order valence-corrected chi connectivity index (χ0v) is 10.5. The Morgan fingerprint density at radius 2 is 1.27 bits per heavy atom. The lowest BCUT2D eigenvalue weighted by atomic mass is 10.6. The highest BCUT2D eigenvalue weighted by Crippen LogP contribution is 2.35. The molecule has 1 rings (SSSR count). The highest BCUT2D eigenvalue weighted by atomic mass is 35.7. The van der Waals surface area contributed by atoms with Crippen molar-refractivity contribution in [3.63, 3.8) is 0 Å². The molecule has 0 N–H and O–H groups in total.